The Balaban J connectivity index is 1.86. The molecule has 22 heavy (non-hydrogen) atoms. The van der Waals surface area contributed by atoms with Crippen LogP contribution < -0.4 is 5.32 Å². The molecular formula is C16H19ClFNO3. The number of rotatable bonds is 5. The van der Waals surface area contributed by atoms with Crippen molar-refractivity contribution in [1.29, 1.82) is 0 Å². The molecule has 1 aromatic rings. The van der Waals surface area contributed by atoms with Crippen molar-refractivity contribution in [2.45, 2.75) is 51.2 Å². The molecule has 1 saturated carbocycles. The van der Waals surface area contributed by atoms with Gasteiger partial charge in [-0.25, -0.2) is 4.39 Å². The second-order valence-electron chi connectivity index (χ2n) is 5.50. The smallest absolute Gasteiger partial charge is 0.311 e. The van der Waals surface area contributed by atoms with Crippen molar-refractivity contribution < 1.29 is 18.7 Å². The fourth-order valence-corrected chi connectivity index (χ4v) is 2.76. The van der Waals surface area contributed by atoms with Gasteiger partial charge in [0.25, 0.3) is 5.91 Å². The van der Waals surface area contributed by atoms with Crippen LogP contribution in [0.15, 0.2) is 18.2 Å². The molecule has 1 aliphatic rings. The van der Waals surface area contributed by atoms with E-state index in [0.717, 1.165) is 25.7 Å². The summed E-state index contributed by atoms with van der Waals surface area (Å²) in [6, 6.07) is 4.35. The van der Waals surface area contributed by atoms with Gasteiger partial charge in [-0.15, -0.1) is 0 Å². The highest BCUT2D eigenvalue weighted by molar-refractivity contribution is 6.31. The van der Waals surface area contributed by atoms with Gasteiger partial charge in [-0.05, 0) is 31.9 Å². The molecule has 0 radical (unpaired) electrons. The Kier molecular flexibility index (Phi) is 5.77. The maximum Gasteiger partial charge on any atom is 0.311 e. The van der Waals surface area contributed by atoms with Crippen LogP contribution in [-0.2, 0) is 20.7 Å². The second-order valence-corrected chi connectivity index (χ2v) is 5.91. The number of carbonyl (C=O) groups excluding carboxylic acids is 2. The van der Waals surface area contributed by atoms with E-state index < -0.39 is 17.9 Å². The lowest BCUT2D eigenvalue weighted by Crippen LogP contribution is -2.41. The van der Waals surface area contributed by atoms with Gasteiger partial charge in [0.2, 0.25) is 0 Å². The van der Waals surface area contributed by atoms with Gasteiger partial charge in [0, 0.05) is 16.6 Å². The van der Waals surface area contributed by atoms with E-state index in [0.29, 0.717) is 0 Å². The number of carbonyl (C=O) groups is 2. The fraction of sp³-hybridized carbons (Fsp3) is 0.500. The highest BCUT2D eigenvalue weighted by Crippen LogP contribution is 2.20. The molecule has 1 atom stereocenters. The van der Waals surface area contributed by atoms with E-state index in [1.54, 1.807) is 0 Å². The summed E-state index contributed by atoms with van der Waals surface area (Å²) in [5.41, 5.74) is 0.0811. The Labute approximate surface area is 134 Å². The predicted octanol–water partition coefficient (Wildman–Crippen LogP) is 3.01. The summed E-state index contributed by atoms with van der Waals surface area (Å²) in [6.07, 6.45) is 2.91. The maximum atomic E-state index is 13.6. The maximum absolute atomic E-state index is 13.6. The Hall–Kier alpha value is -1.62. The highest BCUT2D eigenvalue weighted by Gasteiger charge is 2.23. The molecule has 0 bridgehead atoms. The zero-order chi connectivity index (χ0) is 16.1. The average molecular weight is 328 g/mol. The van der Waals surface area contributed by atoms with Gasteiger partial charge in [-0.2, -0.15) is 0 Å². The molecule has 0 spiro atoms. The summed E-state index contributed by atoms with van der Waals surface area (Å²) in [6.45, 7) is 1.51. The molecule has 0 aliphatic heterocycles. The summed E-state index contributed by atoms with van der Waals surface area (Å²) in [5, 5.41) is 3.02. The predicted molar refractivity (Wildman–Crippen MR) is 81.1 cm³/mol. The molecular weight excluding hydrogens is 309 g/mol. The van der Waals surface area contributed by atoms with Gasteiger partial charge in [-0.1, -0.05) is 30.5 Å². The van der Waals surface area contributed by atoms with Gasteiger partial charge in [0.15, 0.2) is 6.10 Å². The SMILES string of the molecule is C[C@H](OC(=O)Cc1c(F)cccc1Cl)C(=O)NC1CCCC1. The number of benzene rings is 1. The molecule has 6 heteroatoms. The van der Waals surface area contributed by atoms with Gasteiger partial charge in [-0.3, -0.25) is 9.59 Å². The molecule has 0 unspecified atom stereocenters. The van der Waals surface area contributed by atoms with Gasteiger partial charge in [0.1, 0.15) is 5.82 Å². The van der Waals surface area contributed by atoms with E-state index in [1.807, 2.05) is 0 Å². The van der Waals surface area contributed by atoms with Crippen molar-refractivity contribution in [1.82, 2.24) is 5.32 Å². The van der Waals surface area contributed by atoms with Crippen LogP contribution in [0.2, 0.25) is 5.02 Å². The standard InChI is InChI=1S/C16H19ClFNO3/c1-10(16(21)19-11-5-2-3-6-11)22-15(20)9-12-13(17)7-4-8-14(12)18/h4,7-8,10-11H,2-3,5-6,9H2,1H3,(H,19,21)/t10-/m0/s1. The van der Waals surface area contributed by atoms with Gasteiger partial charge < -0.3 is 10.1 Å². The third kappa shape index (κ3) is 4.44. The fourth-order valence-electron chi connectivity index (χ4n) is 2.53. The summed E-state index contributed by atoms with van der Waals surface area (Å²) in [5.74, 6) is -1.56. The first-order valence-corrected chi connectivity index (χ1v) is 7.78. The van der Waals surface area contributed by atoms with Crippen molar-refractivity contribution in [2.75, 3.05) is 0 Å². The second kappa shape index (κ2) is 7.58. The molecule has 2 rings (SSSR count). The molecule has 0 heterocycles. The van der Waals surface area contributed by atoms with Crippen LogP contribution in [0.4, 0.5) is 4.39 Å². The Morgan fingerprint density at radius 1 is 1.41 bits per heavy atom. The Morgan fingerprint density at radius 3 is 2.73 bits per heavy atom. The van der Waals surface area contributed by atoms with Crippen LogP contribution in [-0.4, -0.2) is 24.0 Å². The third-order valence-electron chi connectivity index (χ3n) is 3.76. The number of hydrogen-bond acceptors (Lipinski definition) is 3. The number of halogens is 2. The van der Waals surface area contributed by atoms with Gasteiger partial charge >= 0.3 is 5.97 Å². The van der Waals surface area contributed by atoms with Crippen LogP contribution >= 0.6 is 11.6 Å². The molecule has 1 fully saturated rings. The van der Waals surface area contributed by atoms with Crippen molar-refractivity contribution in [2.24, 2.45) is 0 Å². The largest absolute Gasteiger partial charge is 0.452 e. The van der Waals surface area contributed by atoms with Gasteiger partial charge in [0.05, 0.1) is 6.42 Å². The number of esters is 1. The minimum Gasteiger partial charge on any atom is -0.452 e. The van der Waals surface area contributed by atoms with E-state index in [4.69, 9.17) is 16.3 Å². The van der Waals surface area contributed by atoms with Crippen LogP contribution in [0.3, 0.4) is 0 Å². The minimum atomic E-state index is -0.904. The van der Waals surface area contributed by atoms with Crippen LogP contribution in [0, 0.1) is 5.82 Å². The summed E-state index contributed by atoms with van der Waals surface area (Å²) >= 11 is 5.86. The summed E-state index contributed by atoms with van der Waals surface area (Å²) < 4.78 is 18.7. The van der Waals surface area contributed by atoms with E-state index >= 15 is 0 Å². The first kappa shape index (κ1) is 16.7. The quantitative estimate of drug-likeness (QED) is 0.846. The number of hydrogen-bond donors (Lipinski definition) is 1. The minimum absolute atomic E-state index is 0.0811. The molecule has 1 amide bonds. The molecule has 0 saturated heterocycles. The van der Waals surface area contributed by atoms with E-state index in [2.05, 4.69) is 5.32 Å². The van der Waals surface area contributed by atoms with Crippen LogP contribution in [0.25, 0.3) is 0 Å². The zero-order valence-corrected chi connectivity index (χ0v) is 13.2. The molecule has 1 aliphatic carbocycles. The zero-order valence-electron chi connectivity index (χ0n) is 12.4. The lowest BCUT2D eigenvalue weighted by atomic mass is 10.1. The summed E-state index contributed by atoms with van der Waals surface area (Å²) in [7, 11) is 0. The molecule has 4 nitrogen and oxygen atoms in total. The summed E-state index contributed by atoms with van der Waals surface area (Å²) in [4.78, 5) is 23.8. The normalized spacial score (nSPS) is 16.3. The highest BCUT2D eigenvalue weighted by atomic mass is 35.5. The number of amides is 1. The van der Waals surface area contributed by atoms with Crippen molar-refractivity contribution >= 4 is 23.5 Å². The van der Waals surface area contributed by atoms with Crippen molar-refractivity contribution in [3.05, 3.63) is 34.6 Å². The monoisotopic (exact) mass is 327 g/mol. The van der Waals surface area contributed by atoms with E-state index in [9.17, 15) is 14.0 Å². The van der Waals surface area contributed by atoms with E-state index in [1.165, 1.54) is 25.1 Å². The molecule has 1 aromatic carbocycles. The lowest BCUT2D eigenvalue weighted by molar-refractivity contribution is -0.154. The molecule has 1 N–H and O–H groups in total. The van der Waals surface area contributed by atoms with Crippen molar-refractivity contribution in [3.8, 4) is 0 Å². The van der Waals surface area contributed by atoms with Crippen LogP contribution in [0.1, 0.15) is 38.2 Å². The average Bonchev–Trinajstić information content (AvgIpc) is 2.96. The van der Waals surface area contributed by atoms with Crippen LogP contribution in [0.5, 0.6) is 0 Å². The molecule has 0 aromatic heterocycles. The first-order chi connectivity index (χ1) is 10.5. The first-order valence-electron chi connectivity index (χ1n) is 7.40. The number of ether oxygens (including phenoxy) is 1. The van der Waals surface area contributed by atoms with E-state index in [-0.39, 0.29) is 29.0 Å². The lowest BCUT2D eigenvalue weighted by Gasteiger charge is -2.17. The van der Waals surface area contributed by atoms with Crippen molar-refractivity contribution in [3.63, 3.8) is 0 Å². The topological polar surface area (TPSA) is 55.4 Å². The number of nitrogens with one attached hydrogen (secondary N) is 1. The third-order valence-corrected chi connectivity index (χ3v) is 4.12. The molecule has 120 valence electrons. The Bertz CT molecular complexity index is 538. The Morgan fingerprint density at radius 2 is 2.09 bits per heavy atom.